The quantitative estimate of drug-likeness (QED) is 0.900. The molecule has 2 fully saturated rings. The molecule has 2 aliphatic rings. The van der Waals surface area contributed by atoms with Crippen molar-refractivity contribution in [2.24, 2.45) is 11.8 Å². The molecule has 3 rings (SSSR count). The molecule has 5 nitrogen and oxygen atoms in total. The molecule has 25 heavy (non-hydrogen) atoms. The first-order valence-electron chi connectivity index (χ1n) is 8.03. The van der Waals surface area contributed by atoms with E-state index in [9.17, 15) is 18.0 Å². The zero-order valence-corrected chi connectivity index (χ0v) is 13.4. The van der Waals surface area contributed by atoms with Gasteiger partial charge in [-0.25, -0.2) is 4.79 Å². The molecule has 1 aromatic rings. The maximum absolute atomic E-state index is 12.1. The van der Waals surface area contributed by atoms with Crippen LogP contribution in [0.3, 0.4) is 0 Å². The number of carboxylic acid groups (broad SMARTS) is 1. The molecule has 0 unspecified atom stereocenters. The molecule has 2 atom stereocenters. The predicted octanol–water partition coefficient (Wildman–Crippen LogP) is 3.18. The van der Waals surface area contributed by atoms with Gasteiger partial charge in [-0.1, -0.05) is 18.2 Å². The Morgan fingerprint density at radius 2 is 1.76 bits per heavy atom. The third-order valence-electron chi connectivity index (χ3n) is 4.61. The molecule has 1 aromatic carbocycles. The van der Waals surface area contributed by atoms with Crippen molar-refractivity contribution in [3.8, 4) is 5.75 Å². The number of nitrogens with zero attached hydrogens (tertiary/aromatic N) is 2. The Morgan fingerprint density at radius 1 is 1.16 bits per heavy atom. The van der Waals surface area contributed by atoms with Gasteiger partial charge in [0.15, 0.2) is 0 Å². The zero-order chi connectivity index (χ0) is 18.0. The van der Waals surface area contributed by atoms with Gasteiger partial charge in [-0.3, -0.25) is 0 Å². The van der Waals surface area contributed by atoms with E-state index in [-0.39, 0.29) is 5.75 Å². The van der Waals surface area contributed by atoms with Gasteiger partial charge in [0, 0.05) is 38.0 Å². The lowest BCUT2D eigenvalue weighted by molar-refractivity contribution is -0.274. The fraction of sp³-hybridized carbons (Fsp3) is 0.471. The van der Waals surface area contributed by atoms with Gasteiger partial charge in [-0.2, -0.15) is 0 Å². The Morgan fingerprint density at radius 3 is 2.28 bits per heavy atom. The Bertz CT molecular complexity index is 632. The number of hydrogen-bond acceptors (Lipinski definition) is 3. The second kappa shape index (κ2) is 6.85. The number of amides is 1. The summed E-state index contributed by atoms with van der Waals surface area (Å²) in [4.78, 5) is 14.6. The van der Waals surface area contributed by atoms with E-state index < -0.39 is 12.5 Å². The van der Waals surface area contributed by atoms with Gasteiger partial charge in [-0.05, 0) is 30.3 Å². The smallest absolute Gasteiger partial charge is 0.465 e. The number of alkyl halides is 3. The highest BCUT2D eigenvalue weighted by Crippen LogP contribution is 2.31. The first-order chi connectivity index (χ1) is 11.8. The highest BCUT2D eigenvalue weighted by Gasteiger charge is 2.40. The molecule has 2 aliphatic heterocycles. The van der Waals surface area contributed by atoms with Crippen LogP contribution in [-0.4, -0.2) is 53.5 Å². The molecule has 0 aromatic heterocycles. The van der Waals surface area contributed by atoms with E-state index in [1.165, 1.54) is 17.0 Å². The lowest BCUT2D eigenvalue weighted by Gasteiger charge is -2.18. The molecule has 0 bridgehead atoms. The van der Waals surface area contributed by atoms with Crippen molar-refractivity contribution in [2.45, 2.75) is 12.8 Å². The van der Waals surface area contributed by atoms with Crippen LogP contribution in [-0.2, 0) is 6.42 Å². The van der Waals surface area contributed by atoms with Crippen molar-refractivity contribution < 1.29 is 27.8 Å². The van der Waals surface area contributed by atoms with Crippen molar-refractivity contribution in [1.82, 2.24) is 9.80 Å². The summed E-state index contributed by atoms with van der Waals surface area (Å²) in [6, 6.07) is 5.82. The number of ether oxygens (including phenoxy) is 1. The van der Waals surface area contributed by atoms with Crippen LogP contribution in [0, 0.1) is 11.8 Å². The first kappa shape index (κ1) is 17.4. The fourth-order valence-electron chi connectivity index (χ4n) is 3.47. The van der Waals surface area contributed by atoms with E-state index in [1.807, 2.05) is 12.3 Å². The Labute approximate surface area is 143 Å². The molecule has 136 valence electrons. The van der Waals surface area contributed by atoms with E-state index >= 15 is 0 Å². The molecule has 0 spiro atoms. The van der Waals surface area contributed by atoms with Crippen molar-refractivity contribution in [3.05, 3.63) is 42.1 Å². The first-order valence-corrected chi connectivity index (χ1v) is 8.03. The van der Waals surface area contributed by atoms with Gasteiger partial charge in [0.2, 0.25) is 0 Å². The Hall–Kier alpha value is -2.38. The number of rotatable bonds is 4. The molecule has 0 saturated carbocycles. The van der Waals surface area contributed by atoms with Crippen LogP contribution in [0.25, 0.3) is 0 Å². The minimum absolute atomic E-state index is 0.226. The maximum atomic E-state index is 12.1. The number of likely N-dealkylation sites (tertiary alicyclic amines) is 2. The summed E-state index contributed by atoms with van der Waals surface area (Å²) in [6.45, 7) is 2.85. The Balaban J connectivity index is 1.46. The molecular weight excluding hydrogens is 337 g/mol. The van der Waals surface area contributed by atoms with E-state index in [1.54, 1.807) is 12.1 Å². The van der Waals surface area contributed by atoms with Gasteiger partial charge in [0.25, 0.3) is 0 Å². The third kappa shape index (κ3) is 4.58. The summed E-state index contributed by atoms with van der Waals surface area (Å²) >= 11 is 0. The molecule has 2 saturated heterocycles. The lowest BCUT2D eigenvalue weighted by Crippen LogP contribution is -2.30. The van der Waals surface area contributed by atoms with E-state index in [2.05, 4.69) is 9.64 Å². The van der Waals surface area contributed by atoms with Crippen LogP contribution >= 0.6 is 0 Å². The summed E-state index contributed by atoms with van der Waals surface area (Å²) in [6.07, 6.45) is -0.959. The van der Waals surface area contributed by atoms with E-state index in [0.717, 1.165) is 18.7 Å². The third-order valence-corrected chi connectivity index (χ3v) is 4.61. The molecule has 0 radical (unpaired) electrons. The zero-order valence-electron chi connectivity index (χ0n) is 13.4. The van der Waals surface area contributed by atoms with Crippen LogP contribution in [0.2, 0.25) is 0 Å². The standard InChI is InChI=1S/C17H19F3N2O3/c18-17(19,20)25-15-5-3-12(4-6-15)2-1-7-21-8-13-10-22(16(23)24)11-14(13)9-21/h1,3-7,13-14H,2,8-11H2,(H,23,24)/b7-1+/t13-,14+. The summed E-state index contributed by atoms with van der Waals surface area (Å²) < 4.78 is 40.2. The van der Waals surface area contributed by atoms with Crippen molar-refractivity contribution >= 4 is 6.09 Å². The average molecular weight is 356 g/mol. The van der Waals surface area contributed by atoms with Crippen LogP contribution in [0.4, 0.5) is 18.0 Å². The predicted molar refractivity (Wildman–Crippen MR) is 84.1 cm³/mol. The number of hydrogen-bond donors (Lipinski definition) is 1. The minimum atomic E-state index is -4.68. The monoisotopic (exact) mass is 356 g/mol. The van der Waals surface area contributed by atoms with Crippen molar-refractivity contribution in [3.63, 3.8) is 0 Å². The number of halogens is 3. The van der Waals surface area contributed by atoms with Crippen molar-refractivity contribution in [1.29, 1.82) is 0 Å². The average Bonchev–Trinajstić information content (AvgIpc) is 3.06. The van der Waals surface area contributed by atoms with Crippen LogP contribution < -0.4 is 4.74 Å². The number of carbonyl (C=O) groups is 1. The highest BCUT2D eigenvalue weighted by molar-refractivity contribution is 5.65. The second-order valence-electron chi connectivity index (χ2n) is 6.44. The van der Waals surface area contributed by atoms with Crippen molar-refractivity contribution in [2.75, 3.05) is 26.2 Å². The van der Waals surface area contributed by atoms with E-state index in [4.69, 9.17) is 5.11 Å². The number of allylic oxidation sites excluding steroid dienone is 1. The molecule has 0 aliphatic carbocycles. The number of fused-ring (bicyclic) bond motifs is 1. The SMILES string of the molecule is O=C(O)N1C[C@H]2CN(/C=C/Cc3ccc(OC(F)(F)F)cc3)C[C@H]2C1. The summed E-state index contributed by atoms with van der Waals surface area (Å²) in [5, 5.41) is 9.01. The summed E-state index contributed by atoms with van der Waals surface area (Å²) in [5.41, 5.74) is 0.891. The summed E-state index contributed by atoms with van der Waals surface area (Å²) in [7, 11) is 0. The topological polar surface area (TPSA) is 53.0 Å². The fourth-order valence-corrected chi connectivity index (χ4v) is 3.47. The summed E-state index contributed by atoms with van der Waals surface area (Å²) in [5.74, 6) is 0.523. The molecule has 1 N–H and O–H groups in total. The van der Waals surface area contributed by atoms with Gasteiger partial charge in [0.1, 0.15) is 5.75 Å². The molecule has 8 heteroatoms. The van der Waals surface area contributed by atoms with Crippen LogP contribution in [0.15, 0.2) is 36.5 Å². The molecule has 2 heterocycles. The maximum Gasteiger partial charge on any atom is 0.573 e. The second-order valence-corrected chi connectivity index (χ2v) is 6.44. The highest BCUT2D eigenvalue weighted by atomic mass is 19.4. The van der Waals surface area contributed by atoms with Gasteiger partial charge in [0.05, 0.1) is 0 Å². The minimum Gasteiger partial charge on any atom is -0.465 e. The normalized spacial score (nSPS) is 23.3. The lowest BCUT2D eigenvalue weighted by atomic mass is 10.0. The van der Waals surface area contributed by atoms with Gasteiger partial charge >= 0.3 is 12.5 Å². The number of benzene rings is 1. The van der Waals surface area contributed by atoms with Crippen LogP contribution in [0.5, 0.6) is 5.75 Å². The molecular formula is C17H19F3N2O3. The van der Waals surface area contributed by atoms with Gasteiger partial charge < -0.3 is 19.6 Å². The van der Waals surface area contributed by atoms with Gasteiger partial charge in [-0.15, -0.1) is 13.2 Å². The van der Waals surface area contributed by atoms with Crippen LogP contribution in [0.1, 0.15) is 5.56 Å². The Kier molecular flexibility index (Phi) is 4.78. The van der Waals surface area contributed by atoms with E-state index in [0.29, 0.717) is 31.3 Å². The largest absolute Gasteiger partial charge is 0.573 e. The molecule has 1 amide bonds.